The Morgan fingerprint density at radius 3 is 2.19 bits per heavy atom. The van der Waals surface area contributed by atoms with Gasteiger partial charge in [0, 0.05) is 12.1 Å². The Hall–Kier alpha value is -1.18. The molecule has 6 nitrogen and oxygen atoms in total. The third-order valence-corrected chi connectivity index (χ3v) is 6.46. The van der Waals surface area contributed by atoms with Gasteiger partial charge >= 0.3 is 0 Å². The molecule has 0 aromatic heterocycles. The molecule has 1 aliphatic carbocycles. The van der Waals surface area contributed by atoms with Gasteiger partial charge in [-0.3, -0.25) is 10.1 Å². The van der Waals surface area contributed by atoms with Crippen LogP contribution in [0.3, 0.4) is 0 Å². The number of benzene rings is 1. The maximum Gasteiger partial charge on any atom is 0.289 e. The summed E-state index contributed by atoms with van der Waals surface area (Å²) in [6.07, 6.45) is 0. The number of rotatable bonds is 4. The molecule has 1 aromatic rings. The molecule has 1 aromatic carbocycles. The molecule has 1 aliphatic rings. The van der Waals surface area contributed by atoms with Crippen molar-refractivity contribution >= 4 is 27.3 Å². The lowest BCUT2D eigenvalue weighted by Gasteiger charge is -2.08. The fourth-order valence-electron chi connectivity index (χ4n) is 2.51. The lowest BCUT2D eigenvalue weighted by Crippen LogP contribution is -2.30. The molecule has 1 fully saturated rings. The van der Waals surface area contributed by atoms with Gasteiger partial charge in [0.05, 0.1) is 9.82 Å². The van der Waals surface area contributed by atoms with Crippen LogP contribution < -0.4 is 4.72 Å². The Labute approximate surface area is 128 Å². The van der Waals surface area contributed by atoms with Crippen molar-refractivity contribution in [2.24, 2.45) is 10.8 Å². The van der Waals surface area contributed by atoms with Gasteiger partial charge in [-0.1, -0.05) is 39.3 Å². The van der Waals surface area contributed by atoms with Crippen molar-refractivity contribution in [2.75, 3.05) is 0 Å². The van der Waals surface area contributed by atoms with Crippen LogP contribution in [0.25, 0.3) is 0 Å². The van der Waals surface area contributed by atoms with E-state index in [1.54, 1.807) is 0 Å². The number of nitro groups is 1. The number of halogens is 1. The van der Waals surface area contributed by atoms with Gasteiger partial charge in [-0.25, -0.2) is 13.1 Å². The van der Waals surface area contributed by atoms with E-state index in [9.17, 15) is 18.5 Å². The molecule has 1 N–H and O–H groups in total. The third kappa shape index (κ3) is 2.54. The van der Waals surface area contributed by atoms with Crippen LogP contribution in [0.1, 0.15) is 27.7 Å². The summed E-state index contributed by atoms with van der Waals surface area (Å²) in [7, 11) is -3.82. The van der Waals surface area contributed by atoms with Gasteiger partial charge in [0.25, 0.3) is 5.69 Å². The van der Waals surface area contributed by atoms with Gasteiger partial charge in [0.15, 0.2) is 0 Å². The second-order valence-electron chi connectivity index (χ2n) is 6.37. The Balaban J connectivity index is 2.34. The zero-order chi connectivity index (χ0) is 16.2. The Morgan fingerprint density at radius 2 is 1.76 bits per heavy atom. The largest absolute Gasteiger partial charge is 0.289 e. The van der Waals surface area contributed by atoms with Crippen molar-refractivity contribution in [3.8, 4) is 0 Å². The van der Waals surface area contributed by atoms with Gasteiger partial charge in [0.1, 0.15) is 5.02 Å². The highest BCUT2D eigenvalue weighted by molar-refractivity contribution is 7.89. The summed E-state index contributed by atoms with van der Waals surface area (Å²) in [5, 5.41) is 10.8. The van der Waals surface area contributed by atoms with E-state index in [4.69, 9.17) is 11.6 Å². The van der Waals surface area contributed by atoms with E-state index in [2.05, 4.69) is 4.72 Å². The minimum Gasteiger partial charge on any atom is -0.258 e. The highest BCUT2D eigenvalue weighted by Gasteiger charge is 2.66. The topological polar surface area (TPSA) is 89.3 Å². The summed E-state index contributed by atoms with van der Waals surface area (Å²) in [5.74, 6) is 0. The number of hydrogen-bond acceptors (Lipinski definition) is 4. The molecular formula is C13H17ClN2O4S. The number of hydrogen-bond donors (Lipinski definition) is 1. The number of nitrogens with zero attached hydrogens (tertiary/aromatic N) is 1. The molecule has 0 heterocycles. The molecule has 2 rings (SSSR count). The van der Waals surface area contributed by atoms with Gasteiger partial charge in [-0.05, 0) is 23.0 Å². The lowest BCUT2D eigenvalue weighted by molar-refractivity contribution is -0.384. The van der Waals surface area contributed by atoms with E-state index in [-0.39, 0.29) is 26.8 Å². The highest BCUT2D eigenvalue weighted by atomic mass is 35.5. The van der Waals surface area contributed by atoms with Crippen LogP contribution in [0.15, 0.2) is 23.1 Å². The molecule has 0 radical (unpaired) electrons. The first-order chi connectivity index (χ1) is 9.41. The highest BCUT2D eigenvalue weighted by Crippen LogP contribution is 2.62. The Kier molecular flexibility index (Phi) is 3.59. The molecular weight excluding hydrogens is 316 g/mol. The fourth-order valence-corrected chi connectivity index (χ4v) is 4.25. The first kappa shape index (κ1) is 16.2. The number of sulfonamides is 1. The Bertz CT molecular complexity index is 699. The van der Waals surface area contributed by atoms with Crippen LogP contribution in [-0.2, 0) is 10.0 Å². The second-order valence-corrected chi connectivity index (χ2v) is 8.49. The predicted octanol–water partition coefficient (Wildman–Crippen LogP) is 2.96. The van der Waals surface area contributed by atoms with E-state index < -0.39 is 20.6 Å². The molecule has 0 amide bonds. The lowest BCUT2D eigenvalue weighted by atomic mass is 10.0. The minimum absolute atomic E-state index is 0.0916. The molecule has 0 spiro atoms. The van der Waals surface area contributed by atoms with E-state index in [1.807, 2.05) is 27.7 Å². The zero-order valence-corrected chi connectivity index (χ0v) is 13.7. The first-order valence-corrected chi connectivity index (χ1v) is 8.23. The summed E-state index contributed by atoms with van der Waals surface area (Å²) in [6, 6.07) is 3.24. The van der Waals surface area contributed by atoms with Crippen LogP contribution in [0, 0.1) is 20.9 Å². The van der Waals surface area contributed by atoms with Crippen molar-refractivity contribution in [1.29, 1.82) is 0 Å². The smallest absolute Gasteiger partial charge is 0.258 e. The van der Waals surface area contributed by atoms with Gasteiger partial charge in [-0.15, -0.1) is 0 Å². The predicted molar refractivity (Wildman–Crippen MR) is 79.8 cm³/mol. The third-order valence-electron chi connectivity index (χ3n) is 4.72. The monoisotopic (exact) mass is 332 g/mol. The normalized spacial score (nSPS) is 20.2. The van der Waals surface area contributed by atoms with Crippen molar-refractivity contribution < 1.29 is 13.3 Å². The van der Waals surface area contributed by atoms with Crippen LogP contribution in [0.5, 0.6) is 0 Å². The summed E-state index contributed by atoms with van der Waals surface area (Å²) in [5.41, 5.74) is -0.759. The van der Waals surface area contributed by atoms with E-state index in [0.29, 0.717) is 0 Å². The molecule has 8 heteroatoms. The molecule has 0 atom stereocenters. The number of nitro benzene ring substituents is 1. The standard InChI is InChI=1S/C13H17ClN2O4S/c1-12(2)11(13(12,3)4)15-21(19,20)8-5-6-9(14)10(7-8)16(17)18/h5-7,11,15H,1-4H3. The fraction of sp³-hybridized carbons (Fsp3) is 0.538. The van der Waals surface area contributed by atoms with Gasteiger partial charge in [-0.2, -0.15) is 0 Å². The molecule has 0 bridgehead atoms. The molecule has 0 saturated heterocycles. The number of nitrogens with one attached hydrogen (secondary N) is 1. The van der Waals surface area contributed by atoms with Crippen LogP contribution in [0.4, 0.5) is 5.69 Å². The van der Waals surface area contributed by atoms with E-state index in [0.717, 1.165) is 6.07 Å². The first-order valence-electron chi connectivity index (χ1n) is 6.37. The molecule has 1 saturated carbocycles. The molecule has 0 unspecified atom stereocenters. The average molecular weight is 333 g/mol. The van der Waals surface area contributed by atoms with Crippen LogP contribution >= 0.6 is 11.6 Å². The maximum atomic E-state index is 12.4. The zero-order valence-electron chi connectivity index (χ0n) is 12.2. The summed E-state index contributed by atoms with van der Waals surface area (Å²) >= 11 is 5.69. The van der Waals surface area contributed by atoms with Crippen molar-refractivity contribution in [3.05, 3.63) is 33.3 Å². The second kappa shape index (κ2) is 4.66. The van der Waals surface area contributed by atoms with Crippen molar-refractivity contribution in [1.82, 2.24) is 4.72 Å². The van der Waals surface area contributed by atoms with Gasteiger partial charge < -0.3 is 0 Å². The quantitative estimate of drug-likeness (QED) is 0.678. The van der Waals surface area contributed by atoms with Crippen LogP contribution in [-0.4, -0.2) is 19.4 Å². The molecule has 0 aliphatic heterocycles. The van der Waals surface area contributed by atoms with E-state index in [1.165, 1.54) is 12.1 Å². The Morgan fingerprint density at radius 1 is 1.24 bits per heavy atom. The van der Waals surface area contributed by atoms with E-state index >= 15 is 0 Å². The summed E-state index contributed by atoms with van der Waals surface area (Å²) in [4.78, 5) is 9.99. The maximum absolute atomic E-state index is 12.4. The molecule has 21 heavy (non-hydrogen) atoms. The van der Waals surface area contributed by atoms with Crippen LogP contribution in [0.2, 0.25) is 5.02 Å². The minimum atomic E-state index is -3.82. The van der Waals surface area contributed by atoms with Crippen molar-refractivity contribution in [2.45, 2.75) is 38.6 Å². The van der Waals surface area contributed by atoms with Crippen molar-refractivity contribution in [3.63, 3.8) is 0 Å². The summed E-state index contributed by atoms with van der Waals surface area (Å²) in [6.45, 7) is 7.91. The average Bonchev–Trinajstić information content (AvgIpc) is 2.71. The SMILES string of the molecule is CC1(C)C(NS(=O)(=O)c2ccc(Cl)c([N+](=O)[O-])c2)C1(C)C. The van der Waals surface area contributed by atoms with Gasteiger partial charge in [0.2, 0.25) is 10.0 Å². The summed E-state index contributed by atoms with van der Waals surface area (Å²) < 4.78 is 27.4. The molecule has 116 valence electrons.